The predicted octanol–water partition coefficient (Wildman–Crippen LogP) is 5.55. The third-order valence-electron chi connectivity index (χ3n) is 3.34. The van der Waals surface area contributed by atoms with Gasteiger partial charge in [-0.05, 0) is 55.3 Å². The van der Waals surface area contributed by atoms with Crippen molar-refractivity contribution in [3.05, 3.63) is 67.9 Å². The number of aryl methyl sites for hydroxylation is 1. The molecule has 0 radical (unpaired) electrons. The van der Waals surface area contributed by atoms with Gasteiger partial charge in [0.05, 0.1) is 0 Å². The highest BCUT2D eigenvalue weighted by atomic mass is 79.9. The van der Waals surface area contributed by atoms with Gasteiger partial charge in [-0.2, -0.15) is 0 Å². The zero-order valence-corrected chi connectivity index (χ0v) is 15.3. The first kappa shape index (κ1) is 16.7. The summed E-state index contributed by atoms with van der Waals surface area (Å²) in [6.45, 7) is 5.03. The van der Waals surface area contributed by atoms with Crippen LogP contribution in [0.5, 0.6) is 0 Å². The summed E-state index contributed by atoms with van der Waals surface area (Å²) >= 11 is 6.97. The number of likely N-dealkylation sites (N-methyl/N-ethyl adjacent to an activating group) is 1. The number of hydrogen-bond acceptors (Lipinski definition) is 1. The van der Waals surface area contributed by atoms with Crippen molar-refractivity contribution in [2.45, 2.75) is 26.3 Å². The van der Waals surface area contributed by atoms with Crippen molar-refractivity contribution in [2.75, 3.05) is 6.54 Å². The lowest BCUT2D eigenvalue weighted by Crippen LogP contribution is -2.23. The van der Waals surface area contributed by atoms with Crippen molar-refractivity contribution in [3.8, 4) is 0 Å². The number of hydrogen-bond donors (Lipinski definition) is 1. The van der Waals surface area contributed by atoms with E-state index in [9.17, 15) is 4.39 Å². The summed E-state index contributed by atoms with van der Waals surface area (Å²) in [5.41, 5.74) is 3.40. The molecule has 0 aliphatic rings. The minimum absolute atomic E-state index is 0.151. The van der Waals surface area contributed by atoms with Gasteiger partial charge in [-0.15, -0.1) is 0 Å². The Morgan fingerprint density at radius 1 is 1.14 bits per heavy atom. The number of benzene rings is 2. The van der Waals surface area contributed by atoms with Crippen LogP contribution in [-0.4, -0.2) is 6.54 Å². The van der Waals surface area contributed by atoms with Crippen LogP contribution in [0, 0.1) is 12.7 Å². The Morgan fingerprint density at radius 3 is 2.57 bits per heavy atom. The van der Waals surface area contributed by atoms with Gasteiger partial charge in [0, 0.05) is 15.0 Å². The summed E-state index contributed by atoms with van der Waals surface area (Å²) in [4.78, 5) is 0. The third kappa shape index (κ3) is 4.63. The quantitative estimate of drug-likeness (QED) is 0.675. The van der Waals surface area contributed by atoms with Crippen LogP contribution in [0.4, 0.5) is 4.39 Å². The van der Waals surface area contributed by atoms with E-state index in [2.05, 4.69) is 69.2 Å². The smallest absolute Gasteiger partial charge is 0.124 e. The van der Waals surface area contributed by atoms with E-state index in [4.69, 9.17) is 0 Å². The van der Waals surface area contributed by atoms with Crippen LogP contribution in [0.15, 0.2) is 45.3 Å². The first-order valence-corrected chi connectivity index (χ1v) is 8.52. The molecule has 112 valence electrons. The van der Waals surface area contributed by atoms with Crippen LogP contribution in [0.2, 0.25) is 0 Å². The molecule has 21 heavy (non-hydrogen) atoms. The fourth-order valence-electron chi connectivity index (χ4n) is 2.43. The molecule has 0 heterocycles. The second-order valence-corrected chi connectivity index (χ2v) is 6.89. The minimum atomic E-state index is -0.210. The van der Waals surface area contributed by atoms with Gasteiger partial charge in [0.1, 0.15) is 5.82 Å². The molecule has 0 bridgehead atoms. The van der Waals surface area contributed by atoms with E-state index in [1.165, 1.54) is 17.2 Å². The minimum Gasteiger partial charge on any atom is -0.310 e. The molecule has 0 amide bonds. The second kappa shape index (κ2) is 7.52. The maximum Gasteiger partial charge on any atom is 0.124 e. The maximum absolute atomic E-state index is 13.6. The van der Waals surface area contributed by atoms with E-state index in [0.29, 0.717) is 0 Å². The van der Waals surface area contributed by atoms with Gasteiger partial charge in [0.25, 0.3) is 0 Å². The van der Waals surface area contributed by atoms with Crippen LogP contribution in [0.25, 0.3) is 0 Å². The summed E-state index contributed by atoms with van der Waals surface area (Å²) in [6.07, 6.45) is 0.742. The second-order valence-electron chi connectivity index (χ2n) is 5.12. The lowest BCUT2D eigenvalue weighted by Gasteiger charge is -2.21. The maximum atomic E-state index is 13.6. The zero-order chi connectivity index (χ0) is 15.4. The first-order chi connectivity index (χ1) is 9.99. The Kier molecular flexibility index (Phi) is 5.97. The van der Waals surface area contributed by atoms with E-state index < -0.39 is 0 Å². The highest BCUT2D eigenvalue weighted by Gasteiger charge is 2.15. The van der Waals surface area contributed by atoms with Gasteiger partial charge >= 0.3 is 0 Å². The zero-order valence-electron chi connectivity index (χ0n) is 12.1. The van der Waals surface area contributed by atoms with Crippen LogP contribution < -0.4 is 5.32 Å². The Balaban J connectivity index is 2.32. The van der Waals surface area contributed by atoms with Gasteiger partial charge in [0.15, 0.2) is 0 Å². The van der Waals surface area contributed by atoms with Crippen LogP contribution in [0.1, 0.15) is 29.7 Å². The Labute approximate surface area is 142 Å². The standard InChI is InChI=1S/C17H18Br2FN/c1-3-21-17(15-6-11(2)4-5-16(15)19)9-12-7-13(18)10-14(20)8-12/h4-8,10,17,21H,3,9H2,1-2H3. The topological polar surface area (TPSA) is 12.0 Å². The molecule has 4 heteroatoms. The molecule has 0 fully saturated rings. The number of nitrogens with one attached hydrogen (secondary N) is 1. The molecule has 1 atom stereocenters. The lowest BCUT2D eigenvalue weighted by atomic mass is 9.97. The van der Waals surface area contributed by atoms with E-state index in [1.807, 2.05) is 6.07 Å². The van der Waals surface area contributed by atoms with Crippen molar-refractivity contribution in [1.29, 1.82) is 0 Å². The summed E-state index contributed by atoms with van der Waals surface area (Å²) in [6, 6.07) is 11.5. The molecule has 1 N–H and O–H groups in total. The molecular weight excluding hydrogens is 397 g/mol. The highest BCUT2D eigenvalue weighted by molar-refractivity contribution is 9.10. The molecule has 1 nitrogen and oxygen atoms in total. The molecule has 0 spiro atoms. The Bertz CT molecular complexity index is 608. The third-order valence-corrected chi connectivity index (χ3v) is 4.52. The molecule has 1 unspecified atom stereocenters. The molecule has 0 aromatic heterocycles. The lowest BCUT2D eigenvalue weighted by molar-refractivity contribution is 0.544. The Morgan fingerprint density at radius 2 is 1.90 bits per heavy atom. The van der Waals surface area contributed by atoms with Gasteiger partial charge in [-0.25, -0.2) is 4.39 Å². The number of rotatable bonds is 5. The van der Waals surface area contributed by atoms with Crippen molar-refractivity contribution in [1.82, 2.24) is 5.32 Å². The first-order valence-electron chi connectivity index (χ1n) is 6.94. The highest BCUT2D eigenvalue weighted by Crippen LogP contribution is 2.28. The average Bonchev–Trinajstić information content (AvgIpc) is 2.40. The van der Waals surface area contributed by atoms with Crippen molar-refractivity contribution in [3.63, 3.8) is 0 Å². The van der Waals surface area contributed by atoms with E-state index >= 15 is 0 Å². The fraction of sp³-hybridized carbons (Fsp3) is 0.294. The molecule has 0 aliphatic heterocycles. The predicted molar refractivity (Wildman–Crippen MR) is 93.1 cm³/mol. The van der Waals surface area contributed by atoms with Crippen LogP contribution in [0.3, 0.4) is 0 Å². The van der Waals surface area contributed by atoms with E-state index in [0.717, 1.165) is 27.5 Å². The molecule has 0 saturated heterocycles. The van der Waals surface area contributed by atoms with Gasteiger partial charge in [0.2, 0.25) is 0 Å². The summed E-state index contributed by atoms with van der Waals surface area (Å²) in [5, 5.41) is 3.49. The number of halogens is 3. The van der Waals surface area contributed by atoms with Crippen molar-refractivity contribution in [2.24, 2.45) is 0 Å². The SMILES string of the molecule is CCNC(Cc1cc(F)cc(Br)c1)c1cc(C)ccc1Br. The molecule has 2 rings (SSSR count). The molecule has 2 aromatic carbocycles. The average molecular weight is 415 g/mol. The van der Waals surface area contributed by atoms with Gasteiger partial charge in [-0.3, -0.25) is 0 Å². The largest absolute Gasteiger partial charge is 0.310 e. The van der Waals surface area contributed by atoms with Crippen molar-refractivity contribution >= 4 is 31.9 Å². The summed E-state index contributed by atoms with van der Waals surface area (Å²) in [7, 11) is 0. The summed E-state index contributed by atoms with van der Waals surface area (Å²) < 4.78 is 15.4. The molecule has 0 aliphatic carbocycles. The van der Waals surface area contributed by atoms with Gasteiger partial charge < -0.3 is 5.32 Å². The van der Waals surface area contributed by atoms with Crippen LogP contribution in [-0.2, 0) is 6.42 Å². The van der Waals surface area contributed by atoms with E-state index in [1.54, 1.807) is 6.07 Å². The molecule has 2 aromatic rings. The summed E-state index contributed by atoms with van der Waals surface area (Å²) in [5.74, 6) is -0.210. The molecule has 0 saturated carbocycles. The van der Waals surface area contributed by atoms with E-state index in [-0.39, 0.29) is 11.9 Å². The Hall–Kier alpha value is -0.710. The monoisotopic (exact) mass is 413 g/mol. The van der Waals surface area contributed by atoms with Crippen LogP contribution >= 0.6 is 31.9 Å². The van der Waals surface area contributed by atoms with Gasteiger partial charge in [-0.1, -0.05) is 56.5 Å². The fourth-order valence-corrected chi connectivity index (χ4v) is 3.47. The molecular formula is C17H18Br2FN. The van der Waals surface area contributed by atoms with Crippen molar-refractivity contribution < 1.29 is 4.39 Å². The normalized spacial score (nSPS) is 12.4.